The van der Waals surface area contributed by atoms with Crippen LogP contribution in [0.4, 0.5) is 0 Å². The van der Waals surface area contributed by atoms with Crippen LogP contribution in [0, 0.1) is 29.1 Å². The van der Waals surface area contributed by atoms with E-state index in [2.05, 4.69) is 127 Å². The third kappa shape index (κ3) is 5.30. The van der Waals surface area contributed by atoms with Crippen molar-refractivity contribution in [1.82, 2.24) is 15.0 Å². The monoisotopic (exact) mass is 694 g/mol. The average molecular weight is 695 g/mol. The van der Waals surface area contributed by atoms with Crippen molar-refractivity contribution in [3.8, 4) is 51.4 Å². The van der Waals surface area contributed by atoms with Gasteiger partial charge in [0.1, 0.15) is 0 Å². The molecule has 4 aliphatic carbocycles. The van der Waals surface area contributed by atoms with Crippen molar-refractivity contribution in [2.45, 2.75) is 43.9 Å². The number of nitrogens with zero attached hydrogens (tertiary/aromatic N) is 4. The summed E-state index contributed by atoms with van der Waals surface area (Å²) in [6.45, 7) is 0. The second-order valence-electron chi connectivity index (χ2n) is 16.3. The Kier molecular flexibility index (Phi) is 7.07. The fourth-order valence-electron chi connectivity index (χ4n) is 10.7. The van der Waals surface area contributed by atoms with E-state index in [0.717, 1.165) is 61.6 Å². The van der Waals surface area contributed by atoms with Gasteiger partial charge in [-0.15, -0.1) is 0 Å². The van der Waals surface area contributed by atoms with Crippen molar-refractivity contribution in [3.05, 3.63) is 151 Å². The van der Waals surface area contributed by atoms with Gasteiger partial charge >= 0.3 is 0 Å². The van der Waals surface area contributed by atoms with Gasteiger partial charge in [0.25, 0.3) is 0 Å². The molecule has 4 bridgehead atoms. The average Bonchev–Trinajstić information content (AvgIpc) is 3.22. The molecule has 0 radical (unpaired) electrons. The third-order valence-corrected chi connectivity index (χ3v) is 12.9. The number of aromatic nitrogens is 3. The molecule has 0 saturated heterocycles. The van der Waals surface area contributed by atoms with Gasteiger partial charge in [-0.3, -0.25) is 0 Å². The van der Waals surface area contributed by atoms with Crippen LogP contribution in [0.15, 0.2) is 140 Å². The van der Waals surface area contributed by atoms with E-state index in [1.54, 1.807) is 0 Å². The molecule has 0 N–H and O–H groups in total. The van der Waals surface area contributed by atoms with Crippen molar-refractivity contribution >= 4 is 32.3 Å². The maximum atomic E-state index is 9.43. The molecule has 1 aromatic heterocycles. The first kappa shape index (κ1) is 31.4. The number of fused-ring (bicyclic) bond motifs is 4. The van der Waals surface area contributed by atoms with Crippen LogP contribution >= 0.6 is 0 Å². The Balaban J connectivity index is 0.994. The second-order valence-corrected chi connectivity index (χ2v) is 16.3. The van der Waals surface area contributed by atoms with Crippen molar-refractivity contribution < 1.29 is 0 Å². The lowest BCUT2D eigenvalue weighted by atomic mass is 9.48. The molecule has 0 unspecified atom stereocenters. The molecular weight excluding hydrogens is 657 g/mol. The van der Waals surface area contributed by atoms with Gasteiger partial charge < -0.3 is 0 Å². The van der Waals surface area contributed by atoms with Crippen molar-refractivity contribution in [2.75, 3.05) is 0 Å². The largest absolute Gasteiger partial charge is 0.208 e. The van der Waals surface area contributed by atoms with E-state index < -0.39 is 0 Å². The molecule has 0 aliphatic heterocycles. The van der Waals surface area contributed by atoms with E-state index in [1.165, 1.54) is 60.4 Å². The Bertz CT molecular complexity index is 2780. The first-order valence-electron chi connectivity index (χ1n) is 19.4. The number of hydrogen-bond acceptors (Lipinski definition) is 4. The van der Waals surface area contributed by atoms with Crippen molar-refractivity contribution in [3.63, 3.8) is 0 Å². The molecule has 12 rings (SSSR count). The normalized spacial score (nSPS) is 21.5. The lowest BCUT2D eigenvalue weighted by Crippen LogP contribution is -2.48. The quantitative estimate of drug-likeness (QED) is 0.168. The first-order valence-corrected chi connectivity index (χ1v) is 19.4. The number of hydrogen-bond donors (Lipinski definition) is 0. The molecule has 0 amide bonds. The summed E-state index contributed by atoms with van der Waals surface area (Å²) in [6.07, 6.45) is 8.40. The summed E-state index contributed by atoms with van der Waals surface area (Å²) in [5.74, 6) is 4.73. The topological polar surface area (TPSA) is 62.5 Å². The van der Waals surface area contributed by atoms with Crippen LogP contribution in [0.25, 0.3) is 77.6 Å². The van der Waals surface area contributed by atoms with Gasteiger partial charge in [0.15, 0.2) is 17.5 Å². The lowest BCUT2D eigenvalue weighted by molar-refractivity contribution is -0.00518. The number of nitriles is 1. The minimum absolute atomic E-state index is 0.348. The number of benzene rings is 7. The van der Waals surface area contributed by atoms with E-state index in [9.17, 15) is 5.26 Å². The summed E-state index contributed by atoms with van der Waals surface area (Å²) in [4.78, 5) is 15.4. The van der Waals surface area contributed by atoms with Crippen LogP contribution in [0.5, 0.6) is 0 Å². The Morgan fingerprint density at radius 3 is 1.57 bits per heavy atom. The third-order valence-electron chi connectivity index (χ3n) is 12.9. The molecule has 4 nitrogen and oxygen atoms in total. The van der Waals surface area contributed by atoms with E-state index in [0.29, 0.717) is 28.5 Å². The molecule has 4 saturated carbocycles. The minimum Gasteiger partial charge on any atom is -0.208 e. The molecular formula is C50H38N4. The Labute approximate surface area is 315 Å². The smallest absolute Gasteiger partial charge is 0.164 e. The lowest BCUT2D eigenvalue weighted by Gasteiger charge is -2.57. The van der Waals surface area contributed by atoms with Gasteiger partial charge in [0.05, 0.1) is 11.6 Å². The summed E-state index contributed by atoms with van der Waals surface area (Å²) >= 11 is 0. The highest BCUT2D eigenvalue weighted by molar-refractivity contribution is 6.08. The summed E-state index contributed by atoms with van der Waals surface area (Å²) in [5.41, 5.74) is 7.77. The van der Waals surface area contributed by atoms with Gasteiger partial charge in [-0.1, -0.05) is 115 Å². The van der Waals surface area contributed by atoms with Crippen LogP contribution in [0.2, 0.25) is 0 Å². The van der Waals surface area contributed by atoms with Crippen LogP contribution < -0.4 is 0 Å². The molecule has 4 aliphatic rings. The maximum absolute atomic E-state index is 9.43. The summed E-state index contributed by atoms with van der Waals surface area (Å²) in [7, 11) is 0. The molecule has 7 aromatic carbocycles. The molecule has 1 heterocycles. The molecule has 0 spiro atoms. The SMILES string of the molecule is N#Cc1ccc2c(ccc3cc(-c4nc(-c5ccc(-c6ccc7ccccc7c6)cc5)nc(-c5ccc(C67CC8C[C@H](C6)C[C@@H](C8)C7)cc5)n4)ccc32)c1. The van der Waals surface area contributed by atoms with Crippen LogP contribution in [-0.4, -0.2) is 15.0 Å². The summed E-state index contributed by atoms with van der Waals surface area (Å²) in [5, 5.41) is 16.3. The zero-order chi connectivity index (χ0) is 35.8. The van der Waals surface area contributed by atoms with Crippen LogP contribution in [0.3, 0.4) is 0 Å². The van der Waals surface area contributed by atoms with E-state index in [-0.39, 0.29) is 0 Å². The molecule has 54 heavy (non-hydrogen) atoms. The highest BCUT2D eigenvalue weighted by Crippen LogP contribution is 2.60. The van der Waals surface area contributed by atoms with Crippen LogP contribution in [-0.2, 0) is 5.41 Å². The van der Waals surface area contributed by atoms with E-state index >= 15 is 0 Å². The Morgan fingerprint density at radius 2 is 0.926 bits per heavy atom. The van der Waals surface area contributed by atoms with Crippen LogP contribution in [0.1, 0.15) is 49.7 Å². The molecule has 8 aromatic rings. The summed E-state index contributed by atoms with van der Waals surface area (Å²) < 4.78 is 0. The standard InChI is InChI=1S/C50H38N4/c51-30-31-5-19-45-41(24-31)12-13-42-26-43(16-20-46(42)45)49-53-47(37-9-6-36(7-10-37)40-11-8-35-3-1-2-4-39(35)25-40)52-48(54-49)38-14-17-44(18-15-38)50-27-32-21-33(28-50)23-34(22-32)29-50/h1-20,24-26,32-34H,21-23,27-29H2/t32-,33+,34?,50?. The fraction of sp³-hybridized carbons (Fsp3) is 0.200. The Hall–Kier alpha value is -6.18. The number of rotatable bonds is 5. The van der Waals surface area contributed by atoms with Gasteiger partial charge in [-0.2, -0.15) is 5.26 Å². The van der Waals surface area contributed by atoms with Crippen molar-refractivity contribution in [2.24, 2.45) is 17.8 Å². The maximum Gasteiger partial charge on any atom is 0.164 e. The molecule has 258 valence electrons. The fourth-order valence-corrected chi connectivity index (χ4v) is 10.7. The molecule has 4 fully saturated rings. The molecule has 4 heteroatoms. The minimum atomic E-state index is 0.348. The van der Waals surface area contributed by atoms with Gasteiger partial charge in [-0.05, 0) is 135 Å². The Morgan fingerprint density at radius 1 is 0.444 bits per heavy atom. The predicted octanol–water partition coefficient (Wildman–Crippen LogP) is 12.3. The van der Waals surface area contributed by atoms with Gasteiger partial charge in [0, 0.05) is 16.7 Å². The summed E-state index contributed by atoms with van der Waals surface area (Å²) in [6, 6.07) is 51.8. The van der Waals surface area contributed by atoms with Crippen molar-refractivity contribution in [1.29, 1.82) is 5.26 Å². The van der Waals surface area contributed by atoms with Gasteiger partial charge in [-0.25, -0.2) is 15.0 Å². The highest BCUT2D eigenvalue weighted by atomic mass is 15.0. The predicted molar refractivity (Wildman–Crippen MR) is 219 cm³/mol. The van der Waals surface area contributed by atoms with E-state index in [1.807, 2.05) is 18.2 Å². The second kappa shape index (κ2) is 12.2. The van der Waals surface area contributed by atoms with E-state index in [4.69, 9.17) is 15.0 Å². The van der Waals surface area contributed by atoms with Gasteiger partial charge in [0.2, 0.25) is 0 Å². The first-order chi connectivity index (χ1) is 26.6. The molecule has 0 atom stereocenters. The zero-order valence-corrected chi connectivity index (χ0v) is 30.0. The zero-order valence-electron chi connectivity index (χ0n) is 30.0. The highest BCUT2D eigenvalue weighted by Gasteiger charge is 2.51.